The van der Waals surface area contributed by atoms with E-state index in [4.69, 9.17) is 14.2 Å². The fourth-order valence-corrected chi connectivity index (χ4v) is 3.93. The highest BCUT2D eigenvalue weighted by Gasteiger charge is 2.21. The molecule has 1 aliphatic heterocycles. The van der Waals surface area contributed by atoms with Crippen LogP contribution in [-0.2, 0) is 14.8 Å². The van der Waals surface area contributed by atoms with E-state index < -0.39 is 10.0 Å². The van der Waals surface area contributed by atoms with Gasteiger partial charge >= 0.3 is 0 Å². The number of ether oxygens (including phenoxy) is 3. The summed E-state index contributed by atoms with van der Waals surface area (Å²) >= 11 is 0. The van der Waals surface area contributed by atoms with Crippen LogP contribution in [0.3, 0.4) is 0 Å². The van der Waals surface area contributed by atoms with E-state index in [1.54, 1.807) is 23.1 Å². The van der Waals surface area contributed by atoms with E-state index >= 15 is 0 Å². The third kappa shape index (κ3) is 4.37. The highest BCUT2D eigenvalue weighted by atomic mass is 32.2. The standard InChI is InChI=1S/C19H22N2O6S/c1-25-17-7-6-16(13-18(17)26-2)28(23,24)20-15-5-3-4-14(12-15)19(22)21-8-10-27-11-9-21/h3-7,12-13,20H,8-11H2,1-2H3. The number of methoxy groups -OCH3 is 2. The van der Waals surface area contributed by atoms with Crippen molar-refractivity contribution in [2.75, 3.05) is 45.2 Å². The number of amides is 1. The molecular weight excluding hydrogens is 384 g/mol. The number of hydrogen-bond acceptors (Lipinski definition) is 6. The van der Waals surface area contributed by atoms with E-state index in [9.17, 15) is 13.2 Å². The molecular formula is C19H22N2O6S. The van der Waals surface area contributed by atoms with Gasteiger partial charge in [-0.2, -0.15) is 0 Å². The molecule has 1 amide bonds. The van der Waals surface area contributed by atoms with E-state index in [2.05, 4.69) is 4.72 Å². The minimum Gasteiger partial charge on any atom is -0.493 e. The van der Waals surface area contributed by atoms with Gasteiger partial charge in [-0.3, -0.25) is 9.52 Å². The molecule has 1 saturated heterocycles. The van der Waals surface area contributed by atoms with Crippen molar-refractivity contribution in [2.45, 2.75) is 4.90 Å². The molecule has 1 aliphatic rings. The number of nitrogens with zero attached hydrogens (tertiary/aromatic N) is 1. The zero-order valence-electron chi connectivity index (χ0n) is 15.7. The molecule has 28 heavy (non-hydrogen) atoms. The van der Waals surface area contributed by atoms with Gasteiger partial charge in [-0.05, 0) is 30.3 Å². The Labute approximate surface area is 164 Å². The predicted molar refractivity (Wildman–Crippen MR) is 104 cm³/mol. The first-order valence-electron chi connectivity index (χ1n) is 8.66. The highest BCUT2D eigenvalue weighted by Crippen LogP contribution is 2.30. The third-order valence-corrected chi connectivity index (χ3v) is 5.70. The predicted octanol–water partition coefficient (Wildman–Crippen LogP) is 1.98. The van der Waals surface area contributed by atoms with Crippen molar-refractivity contribution in [1.82, 2.24) is 4.90 Å². The van der Waals surface area contributed by atoms with Crippen LogP contribution >= 0.6 is 0 Å². The largest absolute Gasteiger partial charge is 0.493 e. The van der Waals surface area contributed by atoms with Crippen LogP contribution in [0.5, 0.6) is 11.5 Å². The minimum absolute atomic E-state index is 0.0232. The van der Waals surface area contributed by atoms with Crippen LogP contribution in [0.1, 0.15) is 10.4 Å². The summed E-state index contributed by atoms with van der Waals surface area (Å²) in [7, 11) is -0.962. The smallest absolute Gasteiger partial charge is 0.262 e. The van der Waals surface area contributed by atoms with Gasteiger partial charge in [-0.15, -0.1) is 0 Å². The lowest BCUT2D eigenvalue weighted by Crippen LogP contribution is -2.40. The third-order valence-electron chi connectivity index (χ3n) is 4.33. The Hall–Kier alpha value is -2.78. The summed E-state index contributed by atoms with van der Waals surface area (Å²) < 4.78 is 43.5. The fourth-order valence-electron chi connectivity index (χ4n) is 2.86. The van der Waals surface area contributed by atoms with E-state index in [0.29, 0.717) is 49.1 Å². The van der Waals surface area contributed by atoms with Gasteiger partial charge in [-0.1, -0.05) is 6.07 Å². The molecule has 0 spiro atoms. The molecule has 0 aliphatic carbocycles. The SMILES string of the molecule is COc1ccc(S(=O)(=O)Nc2cccc(C(=O)N3CCOCC3)c2)cc1OC. The second kappa shape index (κ2) is 8.49. The van der Waals surface area contributed by atoms with Crippen LogP contribution in [0, 0.1) is 0 Å². The summed E-state index contributed by atoms with van der Waals surface area (Å²) in [5.41, 5.74) is 0.711. The molecule has 0 radical (unpaired) electrons. The van der Waals surface area contributed by atoms with Crippen LogP contribution in [0.25, 0.3) is 0 Å². The number of anilines is 1. The average molecular weight is 406 g/mol. The van der Waals surface area contributed by atoms with Gasteiger partial charge in [0.1, 0.15) is 0 Å². The van der Waals surface area contributed by atoms with Crippen molar-refractivity contribution in [3.05, 3.63) is 48.0 Å². The molecule has 8 nitrogen and oxygen atoms in total. The van der Waals surface area contributed by atoms with Gasteiger partial charge in [0, 0.05) is 30.4 Å². The lowest BCUT2D eigenvalue weighted by atomic mass is 10.1. The lowest BCUT2D eigenvalue weighted by Gasteiger charge is -2.27. The van der Waals surface area contributed by atoms with Gasteiger partial charge in [0.25, 0.3) is 15.9 Å². The van der Waals surface area contributed by atoms with Gasteiger partial charge in [0.15, 0.2) is 11.5 Å². The maximum atomic E-state index is 12.7. The molecule has 1 fully saturated rings. The molecule has 0 aromatic heterocycles. The van der Waals surface area contributed by atoms with Gasteiger partial charge < -0.3 is 19.1 Å². The van der Waals surface area contributed by atoms with E-state index in [1.165, 1.54) is 38.5 Å². The fraction of sp³-hybridized carbons (Fsp3) is 0.316. The molecule has 0 saturated carbocycles. The Balaban J connectivity index is 1.82. The van der Waals surface area contributed by atoms with E-state index in [0.717, 1.165) is 0 Å². The maximum absolute atomic E-state index is 12.7. The van der Waals surface area contributed by atoms with Crippen molar-refractivity contribution in [1.29, 1.82) is 0 Å². The summed E-state index contributed by atoms with van der Waals surface area (Å²) in [5.74, 6) is 0.580. The molecule has 2 aromatic carbocycles. The van der Waals surface area contributed by atoms with Crippen LogP contribution in [0.4, 0.5) is 5.69 Å². The summed E-state index contributed by atoms with van der Waals surface area (Å²) in [6, 6.07) is 10.7. The molecule has 0 bridgehead atoms. The van der Waals surface area contributed by atoms with Crippen molar-refractivity contribution in [2.24, 2.45) is 0 Å². The highest BCUT2D eigenvalue weighted by molar-refractivity contribution is 7.92. The lowest BCUT2D eigenvalue weighted by molar-refractivity contribution is 0.0303. The molecule has 2 aromatic rings. The summed E-state index contributed by atoms with van der Waals surface area (Å²) in [6.07, 6.45) is 0. The number of rotatable bonds is 6. The van der Waals surface area contributed by atoms with Crippen LogP contribution < -0.4 is 14.2 Å². The topological polar surface area (TPSA) is 94.2 Å². The molecule has 1 heterocycles. The Bertz CT molecular complexity index is 955. The molecule has 3 rings (SSSR count). The Morgan fingerprint density at radius 3 is 2.43 bits per heavy atom. The first-order chi connectivity index (χ1) is 13.4. The maximum Gasteiger partial charge on any atom is 0.262 e. The molecule has 0 atom stereocenters. The van der Waals surface area contributed by atoms with Crippen molar-refractivity contribution in [3.63, 3.8) is 0 Å². The Kier molecular flexibility index (Phi) is 6.05. The quantitative estimate of drug-likeness (QED) is 0.788. The number of benzene rings is 2. The van der Waals surface area contributed by atoms with Gasteiger partial charge in [0.2, 0.25) is 0 Å². The second-order valence-corrected chi connectivity index (χ2v) is 7.79. The Morgan fingerprint density at radius 2 is 1.75 bits per heavy atom. The molecule has 0 unspecified atom stereocenters. The number of morpholine rings is 1. The van der Waals surface area contributed by atoms with Crippen LogP contribution in [0.2, 0.25) is 0 Å². The number of nitrogens with one attached hydrogen (secondary N) is 1. The minimum atomic E-state index is -3.87. The summed E-state index contributed by atoms with van der Waals surface area (Å²) in [4.78, 5) is 14.3. The number of carbonyl (C=O) groups excluding carboxylic acids is 1. The summed E-state index contributed by atoms with van der Waals surface area (Å²) in [6.45, 7) is 2.02. The Morgan fingerprint density at radius 1 is 1.04 bits per heavy atom. The zero-order chi connectivity index (χ0) is 20.1. The first kappa shape index (κ1) is 20.0. The number of carbonyl (C=O) groups is 1. The first-order valence-corrected chi connectivity index (χ1v) is 10.1. The van der Waals surface area contributed by atoms with Crippen LogP contribution in [-0.4, -0.2) is 59.7 Å². The monoisotopic (exact) mass is 406 g/mol. The molecule has 1 N–H and O–H groups in total. The second-order valence-electron chi connectivity index (χ2n) is 6.11. The van der Waals surface area contributed by atoms with Gasteiger partial charge in [-0.25, -0.2) is 8.42 Å². The van der Waals surface area contributed by atoms with E-state index in [1.807, 2.05) is 0 Å². The zero-order valence-corrected chi connectivity index (χ0v) is 16.5. The van der Waals surface area contributed by atoms with Crippen molar-refractivity contribution < 1.29 is 27.4 Å². The van der Waals surface area contributed by atoms with E-state index in [-0.39, 0.29) is 10.8 Å². The van der Waals surface area contributed by atoms with Crippen LogP contribution in [0.15, 0.2) is 47.4 Å². The van der Waals surface area contributed by atoms with Gasteiger partial charge in [0.05, 0.1) is 32.3 Å². The average Bonchev–Trinajstić information content (AvgIpc) is 2.73. The number of sulfonamides is 1. The van der Waals surface area contributed by atoms with Crippen molar-refractivity contribution in [3.8, 4) is 11.5 Å². The molecule has 150 valence electrons. The normalized spacial score (nSPS) is 14.4. The summed E-state index contributed by atoms with van der Waals surface area (Å²) in [5, 5.41) is 0. The van der Waals surface area contributed by atoms with Crippen molar-refractivity contribution >= 4 is 21.6 Å². The number of hydrogen-bond donors (Lipinski definition) is 1. The molecule has 9 heteroatoms.